The molecule has 3 aromatic rings. The number of rotatable bonds is 18. The molecule has 0 radical (unpaired) electrons. The van der Waals surface area contributed by atoms with Gasteiger partial charge in [0, 0.05) is 18.2 Å². The predicted molar refractivity (Wildman–Crippen MR) is 161 cm³/mol. The van der Waals surface area contributed by atoms with Crippen LogP contribution in [0.25, 0.3) is 0 Å². The van der Waals surface area contributed by atoms with Crippen molar-refractivity contribution in [2.45, 2.75) is 97.4 Å². The first-order valence-corrected chi connectivity index (χ1v) is 15.6. The largest absolute Gasteiger partial charge is 1.00 e. The zero-order valence-electron chi connectivity index (χ0n) is 23.5. The van der Waals surface area contributed by atoms with Crippen molar-refractivity contribution in [3.8, 4) is 5.75 Å². The number of thiazole rings is 1. The van der Waals surface area contributed by atoms with E-state index in [0.717, 1.165) is 24.2 Å². The monoisotopic (exact) mass is 634 g/mol. The molecule has 0 unspecified atom stereocenters. The minimum atomic E-state index is -0.223. The molecule has 0 saturated carbocycles. The van der Waals surface area contributed by atoms with Gasteiger partial charge in [0.15, 0.2) is 12.7 Å². The summed E-state index contributed by atoms with van der Waals surface area (Å²) in [5.41, 5.74) is 2.32. The predicted octanol–water partition coefficient (Wildman–Crippen LogP) is 6.38. The Labute approximate surface area is 254 Å². The first kappa shape index (κ1) is 33.3. The quantitative estimate of drug-likeness (QED) is 0.130. The van der Waals surface area contributed by atoms with Crippen LogP contribution in [0.2, 0.25) is 5.02 Å². The Kier molecular flexibility index (Phi) is 16.4. The smallest absolute Gasteiger partial charge is 0.257 e. The SMILES string of the molecule is CCCCCCCCCCCCCCOc1ccc(C(=O)Nc2cccc(C[n+]3ccsc3C)c2)c(Cl)c1.[Br-]. The number of benzene rings is 2. The molecule has 1 amide bonds. The molecule has 2 aromatic carbocycles. The lowest BCUT2D eigenvalue weighted by molar-refractivity contribution is -0.689. The second kappa shape index (κ2) is 19.2. The van der Waals surface area contributed by atoms with E-state index in [4.69, 9.17) is 16.3 Å². The van der Waals surface area contributed by atoms with Gasteiger partial charge < -0.3 is 27.0 Å². The summed E-state index contributed by atoms with van der Waals surface area (Å²) in [5, 5.41) is 6.70. The number of unbranched alkanes of at least 4 members (excludes halogenated alkanes) is 11. The van der Waals surface area contributed by atoms with Crippen LogP contribution in [0.1, 0.15) is 105 Å². The van der Waals surface area contributed by atoms with Gasteiger partial charge in [-0.2, -0.15) is 4.57 Å². The van der Waals surface area contributed by atoms with Gasteiger partial charge in [-0.05, 0) is 36.8 Å². The number of carbonyl (C=O) groups excluding carboxylic acids is 1. The summed E-state index contributed by atoms with van der Waals surface area (Å²) in [5.74, 6) is 0.485. The first-order valence-electron chi connectivity index (χ1n) is 14.3. The molecular weight excluding hydrogens is 592 g/mol. The Morgan fingerprint density at radius 1 is 0.923 bits per heavy atom. The highest BCUT2D eigenvalue weighted by atomic mass is 79.9. The van der Waals surface area contributed by atoms with Crippen LogP contribution in [-0.4, -0.2) is 12.5 Å². The van der Waals surface area contributed by atoms with Crippen LogP contribution < -0.4 is 31.6 Å². The molecule has 0 fully saturated rings. The van der Waals surface area contributed by atoms with Gasteiger partial charge in [-0.3, -0.25) is 4.79 Å². The fourth-order valence-electron chi connectivity index (χ4n) is 4.58. The molecule has 39 heavy (non-hydrogen) atoms. The average molecular weight is 636 g/mol. The van der Waals surface area contributed by atoms with Crippen molar-refractivity contribution < 1.29 is 31.1 Å². The van der Waals surface area contributed by atoms with Crippen LogP contribution in [-0.2, 0) is 6.54 Å². The molecule has 0 aliphatic carbocycles. The lowest BCUT2D eigenvalue weighted by Crippen LogP contribution is -3.00. The van der Waals surface area contributed by atoms with E-state index in [1.165, 1.54) is 75.6 Å². The zero-order valence-corrected chi connectivity index (χ0v) is 26.7. The third-order valence-electron chi connectivity index (χ3n) is 6.87. The summed E-state index contributed by atoms with van der Waals surface area (Å²) in [6.07, 6.45) is 17.9. The number of aromatic nitrogens is 1. The van der Waals surface area contributed by atoms with Crippen molar-refractivity contribution in [3.05, 3.63) is 75.2 Å². The van der Waals surface area contributed by atoms with E-state index >= 15 is 0 Å². The number of nitrogens with zero attached hydrogens (tertiary/aromatic N) is 1. The molecule has 0 aliphatic heterocycles. The van der Waals surface area contributed by atoms with Gasteiger partial charge in [0.25, 0.3) is 5.91 Å². The molecule has 1 heterocycles. The highest BCUT2D eigenvalue weighted by Crippen LogP contribution is 2.24. The maximum atomic E-state index is 12.9. The molecule has 0 bridgehead atoms. The van der Waals surface area contributed by atoms with Crippen LogP contribution in [0.5, 0.6) is 5.75 Å². The van der Waals surface area contributed by atoms with Crippen LogP contribution in [0.4, 0.5) is 5.69 Å². The molecule has 0 spiro atoms. The topological polar surface area (TPSA) is 42.2 Å². The maximum Gasteiger partial charge on any atom is 0.257 e. The fraction of sp³-hybridized carbons (Fsp3) is 0.500. The van der Waals surface area contributed by atoms with Crippen molar-refractivity contribution >= 4 is 34.5 Å². The van der Waals surface area contributed by atoms with E-state index in [9.17, 15) is 4.79 Å². The number of nitrogens with one attached hydrogen (secondary N) is 1. The van der Waals surface area contributed by atoms with Gasteiger partial charge in [0.05, 0.1) is 22.6 Å². The second-order valence-electron chi connectivity index (χ2n) is 10.1. The van der Waals surface area contributed by atoms with E-state index in [2.05, 4.69) is 41.4 Å². The minimum absolute atomic E-state index is 0. The number of amides is 1. The van der Waals surface area contributed by atoms with Gasteiger partial charge in [-0.1, -0.05) is 113 Å². The molecular formula is C32H44BrClN2O2S. The number of anilines is 1. The highest BCUT2D eigenvalue weighted by molar-refractivity contribution is 7.09. The van der Waals surface area contributed by atoms with Crippen LogP contribution >= 0.6 is 22.9 Å². The van der Waals surface area contributed by atoms with E-state index in [0.29, 0.717) is 22.9 Å². The Morgan fingerprint density at radius 2 is 1.59 bits per heavy atom. The van der Waals surface area contributed by atoms with Crippen molar-refractivity contribution in [2.75, 3.05) is 11.9 Å². The average Bonchev–Trinajstić information content (AvgIpc) is 3.31. The van der Waals surface area contributed by atoms with Crippen molar-refractivity contribution in [1.82, 2.24) is 0 Å². The molecule has 0 atom stereocenters. The Balaban J connectivity index is 0.00000533. The van der Waals surface area contributed by atoms with Crippen molar-refractivity contribution in [2.24, 2.45) is 0 Å². The normalized spacial score (nSPS) is 10.7. The van der Waals surface area contributed by atoms with E-state index < -0.39 is 0 Å². The molecule has 0 saturated heterocycles. The molecule has 1 N–H and O–H groups in total. The summed E-state index contributed by atoms with van der Waals surface area (Å²) in [7, 11) is 0. The summed E-state index contributed by atoms with van der Waals surface area (Å²) >= 11 is 8.17. The zero-order chi connectivity index (χ0) is 27.0. The Morgan fingerprint density at radius 3 is 2.21 bits per heavy atom. The Hall–Kier alpha value is -1.89. The van der Waals surface area contributed by atoms with Gasteiger partial charge >= 0.3 is 0 Å². The number of carbonyl (C=O) groups is 1. The van der Waals surface area contributed by atoms with Gasteiger partial charge in [0.2, 0.25) is 5.01 Å². The summed E-state index contributed by atoms with van der Waals surface area (Å²) in [4.78, 5) is 12.9. The van der Waals surface area contributed by atoms with E-state index in [1.54, 1.807) is 23.5 Å². The number of hydrogen-bond donors (Lipinski definition) is 1. The lowest BCUT2D eigenvalue weighted by Gasteiger charge is -2.10. The molecule has 0 aliphatic rings. The summed E-state index contributed by atoms with van der Waals surface area (Å²) in [6, 6.07) is 13.2. The van der Waals surface area contributed by atoms with Gasteiger partial charge in [-0.15, -0.1) is 0 Å². The third kappa shape index (κ3) is 12.4. The van der Waals surface area contributed by atoms with Crippen LogP contribution in [0.3, 0.4) is 0 Å². The maximum absolute atomic E-state index is 12.9. The molecule has 4 nitrogen and oxygen atoms in total. The van der Waals surface area contributed by atoms with E-state index in [-0.39, 0.29) is 22.9 Å². The van der Waals surface area contributed by atoms with E-state index in [1.807, 2.05) is 24.3 Å². The third-order valence-corrected chi connectivity index (χ3v) is 8.02. The highest BCUT2D eigenvalue weighted by Gasteiger charge is 2.13. The van der Waals surface area contributed by atoms with Crippen LogP contribution in [0, 0.1) is 6.92 Å². The molecule has 3 rings (SSSR count). The van der Waals surface area contributed by atoms with Crippen molar-refractivity contribution in [3.63, 3.8) is 0 Å². The first-order chi connectivity index (χ1) is 18.6. The second-order valence-corrected chi connectivity index (χ2v) is 11.6. The van der Waals surface area contributed by atoms with Crippen molar-refractivity contribution in [1.29, 1.82) is 0 Å². The molecule has 7 heteroatoms. The standard InChI is InChI=1S/C32H43ClN2O2S.BrH/c1-3-4-5-6-7-8-9-10-11-12-13-14-21-37-29-18-19-30(31(33)24-29)32(36)34-28-17-15-16-27(23-28)25-35-20-22-38-26(35)2;/h15-20,22-24H,3-14,21,25H2,1-2H3;1H. The Bertz CT molecular complexity index is 1120. The molecule has 1 aromatic heterocycles. The number of hydrogen-bond acceptors (Lipinski definition) is 3. The summed E-state index contributed by atoms with van der Waals surface area (Å²) < 4.78 is 8.08. The minimum Gasteiger partial charge on any atom is -1.00 e. The van der Waals surface area contributed by atoms with Crippen LogP contribution in [0.15, 0.2) is 54.0 Å². The number of ether oxygens (including phenoxy) is 1. The van der Waals surface area contributed by atoms with Gasteiger partial charge in [0.1, 0.15) is 5.75 Å². The van der Waals surface area contributed by atoms with Gasteiger partial charge in [-0.25, -0.2) is 0 Å². The molecule has 214 valence electrons. The number of aryl methyl sites for hydroxylation is 1. The lowest BCUT2D eigenvalue weighted by atomic mass is 10.1. The summed E-state index contributed by atoms with van der Waals surface area (Å²) in [6.45, 7) is 5.81. The number of halogens is 2. The fourth-order valence-corrected chi connectivity index (χ4v) is 5.51.